The predicted molar refractivity (Wildman–Crippen MR) is 118 cm³/mol. The molecule has 0 aliphatic carbocycles. The summed E-state index contributed by atoms with van der Waals surface area (Å²) in [6.07, 6.45) is -0.0690. The lowest BCUT2D eigenvalue weighted by Gasteiger charge is -2.27. The number of hydrogen-bond donors (Lipinski definition) is 1. The van der Waals surface area contributed by atoms with Gasteiger partial charge in [-0.05, 0) is 23.1 Å². The molecule has 3 aromatic carbocycles. The van der Waals surface area contributed by atoms with Gasteiger partial charge in [0.15, 0.2) is 0 Å². The molecule has 30 heavy (non-hydrogen) atoms. The van der Waals surface area contributed by atoms with Crippen LogP contribution in [0.15, 0.2) is 91.0 Å². The topological polar surface area (TPSA) is 47.9 Å². The van der Waals surface area contributed by atoms with Crippen LogP contribution in [0.25, 0.3) is 0 Å². The zero-order chi connectivity index (χ0) is 20.9. The Kier molecular flexibility index (Phi) is 9.57. The summed E-state index contributed by atoms with van der Waals surface area (Å²) in [5, 5.41) is 9.60. The van der Waals surface area contributed by atoms with E-state index in [2.05, 4.69) is 0 Å². The first kappa shape index (κ1) is 22.2. The van der Waals surface area contributed by atoms with Gasteiger partial charge in [-0.15, -0.1) is 0 Å². The first-order valence-electron chi connectivity index (χ1n) is 10.4. The lowest BCUT2D eigenvalue weighted by atomic mass is 10.1. The van der Waals surface area contributed by atoms with Crippen LogP contribution in [0.2, 0.25) is 0 Å². The summed E-state index contributed by atoms with van der Waals surface area (Å²) in [5.41, 5.74) is 3.30. The highest BCUT2D eigenvalue weighted by Gasteiger charge is 2.23. The Morgan fingerprint density at radius 1 is 0.567 bits per heavy atom. The van der Waals surface area contributed by atoms with Gasteiger partial charge in [-0.3, -0.25) is 0 Å². The van der Waals surface area contributed by atoms with Gasteiger partial charge in [0.1, 0.15) is 6.10 Å². The van der Waals surface area contributed by atoms with E-state index in [9.17, 15) is 5.11 Å². The predicted octanol–water partition coefficient (Wildman–Crippen LogP) is 4.76. The summed E-state index contributed by atoms with van der Waals surface area (Å²) >= 11 is 0. The van der Waals surface area contributed by atoms with Crippen LogP contribution in [-0.4, -0.2) is 30.5 Å². The maximum atomic E-state index is 9.60. The third-order valence-corrected chi connectivity index (χ3v) is 4.84. The quantitative estimate of drug-likeness (QED) is 0.445. The Hall–Kier alpha value is -2.50. The minimum Gasteiger partial charge on any atom is -0.396 e. The van der Waals surface area contributed by atoms with E-state index in [0.717, 1.165) is 16.7 Å². The summed E-state index contributed by atoms with van der Waals surface area (Å²) in [7, 11) is 0. The summed E-state index contributed by atoms with van der Waals surface area (Å²) in [4.78, 5) is 0. The molecule has 0 unspecified atom stereocenters. The van der Waals surface area contributed by atoms with Gasteiger partial charge in [0.05, 0.1) is 32.5 Å². The van der Waals surface area contributed by atoms with Crippen LogP contribution < -0.4 is 0 Å². The van der Waals surface area contributed by atoms with E-state index in [1.165, 1.54) is 0 Å². The molecular weight excluding hydrogens is 376 g/mol. The Balaban J connectivity index is 1.62. The number of benzene rings is 3. The van der Waals surface area contributed by atoms with E-state index in [-0.39, 0.29) is 18.8 Å². The molecule has 0 fully saturated rings. The lowest BCUT2D eigenvalue weighted by molar-refractivity contribution is -0.122. The van der Waals surface area contributed by atoms with Crippen molar-refractivity contribution >= 4 is 0 Å². The van der Waals surface area contributed by atoms with Crippen LogP contribution in [0.5, 0.6) is 0 Å². The second-order valence-electron chi connectivity index (χ2n) is 7.18. The largest absolute Gasteiger partial charge is 0.396 e. The maximum absolute atomic E-state index is 9.60. The van der Waals surface area contributed by atoms with E-state index in [1.807, 2.05) is 91.0 Å². The van der Waals surface area contributed by atoms with Crippen molar-refractivity contribution < 1.29 is 19.3 Å². The van der Waals surface area contributed by atoms with Crippen LogP contribution in [0, 0.1) is 0 Å². The summed E-state index contributed by atoms with van der Waals surface area (Å²) in [5.74, 6) is 0. The second-order valence-corrected chi connectivity index (χ2v) is 7.18. The molecule has 0 saturated carbocycles. The number of aliphatic hydroxyl groups is 1. The fourth-order valence-corrected chi connectivity index (χ4v) is 3.19. The van der Waals surface area contributed by atoms with Crippen molar-refractivity contribution in [3.63, 3.8) is 0 Å². The molecule has 0 aromatic heterocycles. The average molecular weight is 407 g/mol. The number of ether oxygens (including phenoxy) is 3. The van der Waals surface area contributed by atoms with Crippen LogP contribution in [0.1, 0.15) is 23.1 Å². The third kappa shape index (κ3) is 7.73. The minimum atomic E-state index is -0.287. The Morgan fingerprint density at radius 3 is 1.47 bits per heavy atom. The van der Waals surface area contributed by atoms with Gasteiger partial charge in [-0.1, -0.05) is 91.0 Å². The Labute approximate surface area is 179 Å². The molecule has 1 N–H and O–H groups in total. The first-order chi connectivity index (χ1) is 14.8. The van der Waals surface area contributed by atoms with Gasteiger partial charge in [0.25, 0.3) is 0 Å². The maximum Gasteiger partial charge on any atom is 0.107 e. The van der Waals surface area contributed by atoms with E-state index in [0.29, 0.717) is 32.8 Å². The van der Waals surface area contributed by atoms with Crippen LogP contribution in [-0.2, 0) is 34.0 Å². The van der Waals surface area contributed by atoms with Crippen molar-refractivity contribution in [2.24, 2.45) is 0 Å². The van der Waals surface area contributed by atoms with Crippen molar-refractivity contribution in [3.05, 3.63) is 108 Å². The molecule has 0 saturated heterocycles. The van der Waals surface area contributed by atoms with Gasteiger partial charge < -0.3 is 19.3 Å². The van der Waals surface area contributed by atoms with Gasteiger partial charge >= 0.3 is 0 Å². The number of rotatable bonds is 13. The normalized spacial score (nSPS) is 13.1. The highest BCUT2D eigenvalue weighted by molar-refractivity contribution is 5.15. The van der Waals surface area contributed by atoms with E-state index in [1.54, 1.807) is 0 Å². The zero-order valence-corrected chi connectivity index (χ0v) is 17.2. The zero-order valence-electron chi connectivity index (χ0n) is 17.2. The number of aliphatic hydroxyl groups excluding tert-OH is 1. The molecule has 0 spiro atoms. The summed E-state index contributed by atoms with van der Waals surface area (Å²) in [6, 6.07) is 30.1. The van der Waals surface area contributed by atoms with Gasteiger partial charge in [-0.2, -0.15) is 0 Å². The van der Waals surface area contributed by atoms with Gasteiger partial charge in [0.2, 0.25) is 0 Å². The molecule has 0 bridgehead atoms. The Morgan fingerprint density at radius 2 is 1.00 bits per heavy atom. The van der Waals surface area contributed by atoms with Gasteiger partial charge in [0, 0.05) is 6.61 Å². The molecule has 158 valence electrons. The molecule has 2 atom stereocenters. The first-order valence-corrected chi connectivity index (χ1v) is 10.4. The van der Waals surface area contributed by atoms with Crippen molar-refractivity contribution in [2.75, 3.05) is 13.2 Å². The second kappa shape index (κ2) is 12.9. The molecule has 0 heterocycles. The fraction of sp³-hybridized carbons (Fsp3) is 0.308. The van der Waals surface area contributed by atoms with Crippen LogP contribution in [0.4, 0.5) is 0 Å². The monoisotopic (exact) mass is 406 g/mol. The SMILES string of the molecule is OCC[C@@H](OCc1ccccc1)[C@H](COCc1ccccc1)OCc1ccccc1. The molecule has 0 amide bonds. The minimum absolute atomic E-state index is 0.0311. The van der Waals surface area contributed by atoms with E-state index >= 15 is 0 Å². The van der Waals surface area contributed by atoms with E-state index in [4.69, 9.17) is 14.2 Å². The average Bonchev–Trinajstić information content (AvgIpc) is 2.81. The van der Waals surface area contributed by atoms with Crippen LogP contribution in [0.3, 0.4) is 0 Å². The van der Waals surface area contributed by atoms with Crippen molar-refractivity contribution in [2.45, 2.75) is 38.4 Å². The fourth-order valence-electron chi connectivity index (χ4n) is 3.19. The molecule has 3 rings (SSSR count). The molecule has 3 aromatic rings. The highest BCUT2D eigenvalue weighted by atomic mass is 16.6. The van der Waals surface area contributed by atoms with Crippen molar-refractivity contribution in [1.82, 2.24) is 0 Å². The van der Waals surface area contributed by atoms with Gasteiger partial charge in [-0.25, -0.2) is 0 Å². The van der Waals surface area contributed by atoms with Crippen LogP contribution >= 0.6 is 0 Å². The highest BCUT2D eigenvalue weighted by Crippen LogP contribution is 2.16. The van der Waals surface area contributed by atoms with E-state index < -0.39 is 0 Å². The van der Waals surface area contributed by atoms with Crippen molar-refractivity contribution in [1.29, 1.82) is 0 Å². The smallest absolute Gasteiger partial charge is 0.107 e. The molecule has 0 radical (unpaired) electrons. The molecule has 4 nitrogen and oxygen atoms in total. The third-order valence-electron chi connectivity index (χ3n) is 4.84. The number of hydrogen-bond acceptors (Lipinski definition) is 4. The molecule has 0 aliphatic heterocycles. The molecular formula is C26H30O4. The lowest BCUT2D eigenvalue weighted by Crippen LogP contribution is -2.36. The van der Waals surface area contributed by atoms with Crippen molar-refractivity contribution in [3.8, 4) is 0 Å². The standard InChI is InChI=1S/C26H30O4/c27-17-16-25(29-19-23-12-6-2-7-13-23)26(30-20-24-14-8-3-9-15-24)21-28-18-22-10-4-1-5-11-22/h1-15,25-27H,16-21H2/t25-,26+/m1/s1. The Bertz CT molecular complexity index is 808. The molecule has 4 heteroatoms. The molecule has 0 aliphatic rings. The summed E-state index contributed by atoms with van der Waals surface area (Å²) < 4.78 is 18.3. The summed E-state index contributed by atoms with van der Waals surface area (Å²) in [6.45, 7) is 1.87.